The van der Waals surface area contributed by atoms with Crippen LogP contribution in [0.25, 0.3) is 0 Å². The van der Waals surface area contributed by atoms with E-state index in [1.807, 2.05) is 30.3 Å². The number of carbonyl (C=O) groups excluding carboxylic acids is 1. The fourth-order valence-corrected chi connectivity index (χ4v) is 3.61. The smallest absolute Gasteiger partial charge is 0.238 e. The number of hydrogen-bond donors (Lipinski definition) is 2. The molecule has 0 fully saturated rings. The van der Waals surface area contributed by atoms with E-state index in [0.717, 1.165) is 12.0 Å². The van der Waals surface area contributed by atoms with Gasteiger partial charge in [0.2, 0.25) is 15.9 Å². The summed E-state index contributed by atoms with van der Waals surface area (Å²) in [5, 5.41) is 10.0. The highest BCUT2D eigenvalue weighted by Crippen LogP contribution is 2.20. The second kappa shape index (κ2) is 8.57. The minimum Gasteiger partial charge on any atom is -0.355 e. The number of hydrogen-bond acceptors (Lipinski definition) is 5. The van der Waals surface area contributed by atoms with Gasteiger partial charge in [-0.15, -0.1) is 11.3 Å². The van der Waals surface area contributed by atoms with Gasteiger partial charge >= 0.3 is 0 Å². The number of nitrogens with two attached hydrogens (primary N) is 1. The van der Waals surface area contributed by atoms with Crippen molar-refractivity contribution in [3.8, 4) is 0 Å². The van der Waals surface area contributed by atoms with Crippen molar-refractivity contribution in [1.29, 1.82) is 0 Å². The van der Waals surface area contributed by atoms with Crippen LogP contribution in [0.3, 0.4) is 0 Å². The molecule has 8 heteroatoms. The van der Waals surface area contributed by atoms with Gasteiger partial charge in [0.1, 0.15) is 0 Å². The predicted octanol–water partition coefficient (Wildman–Crippen LogP) is 1.75. The van der Waals surface area contributed by atoms with Gasteiger partial charge in [0, 0.05) is 17.5 Å². The molecule has 1 unspecified atom stereocenters. The van der Waals surface area contributed by atoms with Gasteiger partial charge in [0.25, 0.3) is 0 Å². The maximum atomic E-state index is 12.1. The number of nitrogens with one attached hydrogen (secondary N) is 1. The fraction of sp³-hybridized carbons (Fsp3) is 0.353. The van der Waals surface area contributed by atoms with Crippen LogP contribution < -0.4 is 10.5 Å². The molecule has 2 aromatic rings. The van der Waals surface area contributed by atoms with Gasteiger partial charge < -0.3 is 5.32 Å². The highest BCUT2D eigenvalue weighted by Gasteiger charge is 2.16. The molecule has 1 amide bonds. The second-order valence-electron chi connectivity index (χ2n) is 5.88. The van der Waals surface area contributed by atoms with E-state index in [0.29, 0.717) is 6.54 Å². The molecule has 3 N–H and O–H groups in total. The van der Waals surface area contributed by atoms with E-state index in [9.17, 15) is 13.2 Å². The van der Waals surface area contributed by atoms with E-state index in [-0.39, 0.29) is 23.4 Å². The first-order valence-corrected chi connectivity index (χ1v) is 10.3. The van der Waals surface area contributed by atoms with Crippen molar-refractivity contribution in [2.45, 2.75) is 24.3 Å². The third-order valence-electron chi connectivity index (χ3n) is 4.02. The first-order chi connectivity index (χ1) is 11.8. The molecule has 0 saturated carbocycles. The maximum absolute atomic E-state index is 12.1. The molecular formula is C17H23N3O3S2. The second-order valence-corrected chi connectivity index (χ2v) is 8.48. The number of rotatable bonds is 8. The third-order valence-corrected chi connectivity index (χ3v) is 5.88. The summed E-state index contributed by atoms with van der Waals surface area (Å²) in [6.45, 7) is 2.85. The molecule has 0 bridgehead atoms. The van der Waals surface area contributed by atoms with Gasteiger partial charge in [-0.25, -0.2) is 13.6 Å². The Morgan fingerprint density at radius 2 is 1.96 bits per heavy atom. The Morgan fingerprint density at radius 3 is 2.52 bits per heavy atom. The standard InChI is InChI=1S/C17H23N3O3S2/c1-13(14-5-7-16(8-6-14)25(18,22)23)20(2)12-17(21)19-10-9-15-4-3-11-24-15/h3-8,11,13H,9-10,12H2,1-2H3,(H,19,21)(H2,18,22,23). The van der Waals surface area contributed by atoms with E-state index in [2.05, 4.69) is 11.4 Å². The molecule has 0 saturated heterocycles. The quantitative estimate of drug-likeness (QED) is 0.729. The summed E-state index contributed by atoms with van der Waals surface area (Å²) in [6, 6.07) is 10.4. The Kier molecular flexibility index (Phi) is 6.71. The normalized spacial score (nSPS) is 13.0. The summed E-state index contributed by atoms with van der Waals surface area (Å²) in [4.78, 5) is 15.3. The van der Waals surface area contributed by atoms with Crippen LogP contribution in [-0.4, -0.2) is 39.4 Å². The lowest BCUT2D eigenvalue weighted by Gasteiger charge is -2.24. The molecule has 0 aliphatic carbocycles. The highest BCUT2D eigenvalue weighted by molar-refractivity contribution is 7.89. The molecule has 1 aromatic heterocycles. The topological polar surface area (TPSA) is 92.5 Å². The van der Waals surface area contributed by atoms with Crippen LogP contribution in [0.1, 0.15) is 23.4 Å². The molecule has 0 aliphatic rings. The molecule has 1 heterocycles. The summed E-state index contributed by atoms with van der Waals surface area (Å²) < 4.78 is 22.6. The number of sulfonamides is 1. The van der Waals surface area contributed by atoms with Gasteiger partial charge in [0.05, 0.1) is 11.4 Å². The number of likely N-dealkylation sites (N-methyl/N-ethyl adjacent to an activating group) is 1. The predicted molar refractivity (Wildman–Crippen MR) is 99.9 cm³/mol. The van der Waals surface area contributed by atoms with E-state index in [1.54, 1.807) is 23.5 Å². The van der Waals surface area contributed by atoms with Crippen molar-refractivity contribution >= 4 is 27.3 Å². The van der Waals surface area contributed by atoms with Gasteiger partial charge in [-0.1, -0.05) is 18.2 Å². The van der Waals surface area contributed by atoms with Crippen LogP contribution >= 0.6 is 11.3 Å². The van der Waals surface area contributed by atoms with Gasteiger partial charge in [-0.2, -0.15) is 0 Å². The third kappa shape index (κ3) is 5.93. The van der Waals surface area contributed by atoms with E-state index in [1.165, 1.54) is 17.0 Å². The zero-order valence-electron chi connectivity index (χ0n) is 14.3. The molecule has 1 aromatic carbocycles. The first kappa shape index (κ1) is 19.6. The number of nitrogens with zero attached hydrogens (tertiary/aromatic N) is 1. The Bertz CT molecular complexity index is 787. The van der Waals surface area contributed by atoms with Gasteiger partial charge in [0.15, 0.2) is 0 Å². The molecule has 0 radical (unpaired) electrons. The van der Waals surface area contributed by atoms with Crippen LogP contribution in [-0.2, 0) is 21.2 Å². The van der Waals surface area contributed by atoms with E-state index < -0.39 is 10.0 Å². The summed E-state index contributed by atoms with van der Waals surface area (Å²) >= 11 is 1.68. The lowest BCUT2D eigenvalue weighted by Crippen LogP contribution is -2.37. The zero-order chi connectivity index (χ0) is 18.4. The largest absolute Gasteiger partial charge is 0.355 e. The lowest BCUT2D eigenvalue weighted by molar-refractivity contribution is -0.122. The summed E-state index contributed by atoms with van der Waals surface area (Å²) in [5.74, 6) is -0.0351. The Labute approximate surface area is 152 Å². The number of benzene rings is 1. The zero-order valence-corrected chi connectivity index (χ0v) is 15.9. The number of amides is 1. The van der Waals surface area contributed by atoms with Crippen molar-refractivity contribution in [3.63, 3.8) is 0 Å². The molecular weight excluding hydrogens is 358 g/mol. The Hall–Kier alpha value is -1.74. The van der Waals surface area contributed by atoms with Gasteiger partial charge in [-0.05, 0) is 49.5 Å². The number of primary sulfonamides is 1. The molecule has 0 aliphatic heterocycles. The van der Waals surface area contributed by atoms with Crippen LogP contribution in [0.2, 0.25) is 0 Å². The summed E-state index contributed by atoms with van der Waals surface area (Å²) in [5.41, 5.74) is 0.918. The minimum atomic E-state index is -3.69. The van der Waals surface area contributed by atoms with Crippen molar-refractivity contribution < 1.29 is 13.2 Å². The van der Waals surface area contributed by atoms with Crippen molar-refractivity contribution in [3.05, 3.63) is 52.2 Å². The molecule has 2 rings (SSSR count). The molecule has 6 nitrogen and oxygen atoms in total. The summed E-state index contributed by atoms with van der Waals surface area (Å²) in [7, 11) is -1.83. The minimum absolute atomic E-state index is 0.0300. The van der Waals surface area contributed by atoms with Gasteiger partial charge in [-0.3, -0.25) is 9.69 Å². The fourth-order valence-electron chi connectivity index (χ4n) is 2.39. The Morgan fingerprint density at radius 1 is 1.28 bits per heavy atom. The van der Waals surface area contributed by atoms with Crippen molar-refractivity contribution in [2.24, 2.45) is 5.14 Å². The lowest BCUT2D eigenvalue weighted by atomic mass is 10.1. The van der Waals surface area contributed by atoms with Crippen LogP contribution in [0, 0.1) is 0 Å². The summed E-state index contributed by atoms with van der Waals surface area (Å²) in [6.07, 6.45) is 0.831. The van der Waals surface area contributed by atoms with Crippen molar-refractivity contribution in [1.82, 2.24) is 10.2 Å². The number of thiophene rings is 1. The van der Waals surface area contributed by atoms with Crippen LogP contribution in [0.5, 0.6) is 0 Å². The van der Waals surface area contributed by atoms with Crippen molar-refractivity contribution in [2.75, 3.05) is 20.1 Å². The van der Waals surface area contributed by atoms with E-state index in [4.69, 9.17) is 5.14 Å². The molecule has 25 heavy (non-hydrogen) atoms. The van der Waals surface area contributed by atoms with Crippen LogP contribution in [0.4, 0.5) is 0 Å². The van der Waals surface area contributed by atoms with Crippen LogP contribution in [0.15, 0.2) is 46.7 Å². The average Bonchev–Trinajstić information content (AvgIpc) is 3.06. The monoisotopic (exact) mass is 381 g/mol. The molecule has 1 atom stereocenters. The first-order valence-electron chi connectivity index (χ1n) is 7.89. The average molecular weight is 382 g/mol. The number of carbonyl (C=O) groups is 1. The maximum Gasteiger partial charge on any atom is 0.238 e. The molecule has 136 valence electrons. The van der Waals surface area contributed by atoms with E-state index >= 15 is 0 Å². The Balaban J connectivity index is 1.84. The SMILES string of the molecule is CC(c1ccc(S(N)(=O)=O)cc1)N(C)CC(=O)NCCc1cccs1. The molecule has 0 spiro atoms. The highest BCUT2D eigenvalue weighted by atomic mass is 32.2.